The molecule has 3 nitrogen and oxygen atoms in total. The summed E-state index contributed by atoms with van der Waals surface area (Å²) in [5.74, 6) is 3.26. The van der Waals surface area contributed by atoms with E-state index < -0.39 is 5.60 Å². The van der Waals surface area contributed by atoms with E-state index >= 15 is 0 Å². The Labute approximate surface area is 174 Å². The molecule has 3 heteroatoms. The SMILES string of the molecule is C=CC[C@H]1C[C@@]2(C)[C@@H](CC[C@]23OC(=O)CCC3=C)[C@@H]2CCC3=CC(=O)CC[C@@H]3[C@@H]12. The van der Waals surface area contributed by atoms with Crippen LogP contribution in [0, 0.1) is 35.0 Å². The average molecular weight is 395 g/mol. The van der Waals surface area contributed by atoms with E-state index in [0.717, 1.165) is 50.5 Å². The van der Waals surface area contributed by atoms with Crippen LogP contribution in [0.25, 0.3) is 0 Å². The molecule has 4 aliphatic carbocycles. The molecule has 7 atom stereocenters. The zero-order valence-electron chi connectivity index (χ0n) is 17.8. The van der Waals surface area contributed by atoms with Crippen LogP contribution in [0.1, 0.15) is 71.1 Å². The highest BCUT2D eigenvalue weighted by molar-refractivity contribution is 5.91. The van der Waals surface area contributed by atoms with E-state index in [-0.39, 0.29) is 11.4 Å². The van der Waals surface area contributed by atoms with Gasteiger partial charge in [0.25, 0.3) is 0 Å². The summed E-state index contributed by atoms with van der Waals surface area (Å²) in [6.45, 7) is 10.9. The Kier molecular flexibility index (Phi) is 4.46. The van der Waals surface area contributed by atoms with Gasteiger partial charge in [-0.3, -0.25) is 9.59 Å². The van der Waals surface area contributed by atoms with Gasteiger partial charge >= 0.3 is 5.97 Å². The van der Waals surface area contributed by atoms with Crippen molar-refractivity contribution in [3.8, 4) is 0 Å². The van der Waals surface area contributed by atoms with Crippen molar-refractivity contribution in [1.29, 1.82) is 0 Å². The third-order valence-electron chi connectivity index (χ3n) is 9.50. The van der Waals surface area contributed by atoms with Crippen molar-refractivity contribution >= 4 is 11.8 Å². The van der Waals surface area contributed by atoms with Crippen LogP contribution in [-0.4, -0.2) is 17.4 Å². The number of rotatable bonds is 2. The quantitative estimate of drug-likeness (QED) is 0.455. The molecule has 0 unspecified atom stereocenters. The molecule has 5 rings (SSSR count). The first-order chi connectivity index (χ1) is 13.9. The Hall–Kier alpha value is -1.64. The minimum atomic E-state index is -0.462. The summed E-state index contributed by atoms with van der Waals surface area (Å²) in [5, 5.41) is 0. The van der Waals surface area contributed by atoms with Gasteiger partial charge in [-0.1, -0.05) is 25.2 Å². The lowest BCUT2D eigenvalue weighted by molar-refractivity contribution is -0.184. The van der Waals surface area contributed by atoms with E-state index in [0.29, 0.717) is 48.2 Å². The fourth-order valence-electron chi connectivity index (χ4n) is 8.46. The molecule has 0 N–H and O–H groups in total. The predicted octanol–water partition coefficient (Wildman–Crippen LogP) is 5.56. The van der Waals surface area contributed by atoms with Crippen LogP contribution in [0.4, 0.5) is 0 Å². The second-order valence-corrected chi connectivity index (χ2v) is 10.6. The van der Waals surface area contributed by atoms with E-state index in [4.69, 9.17) is 4.74 Å². The molecular weight excluding hydrogens is 360 g/mol. The molecule has 4 fully saturated rings. The molecule has 156 valence electrons. The smallest absolute Gasteiger partial charge is 0.307 e. The summed E-state index contributed by atoms with van der Waals surface area (Å²) < 4.78 is 6.23. The van der Waals surface area contributed by atoms with Crippen molar-refractivity contribution in [2.45, 2.75) is 76.7 Å². The molecule has 1 aliphatic heterocycles. The number of hydrogen-bond acceptors (Lipinski definition) is 3. The highest BCUT2D eigenvalue weighted by Gasteiger charge is 2.67. The standard InChI is InChI=1S/C26H34O3/c1-4-5-18-15-25(3)22(12-13-26(25)16(2)6-11-23(28)29-26)21-9-7-17-14-19(27)8-10-20(17)24(18)21/h4,14,18,20-22,24H,1-2,5-13,15H2,3H3/t18-,20-,21-,22-,24+,25-,26+/m0/s1. The topological polar surface area (TPSA) is 43.4 Å². The molecule has 0 amide bonds. The van der Waals surface area contributed by atoms with Crippen LogP contribution in [-0.2, 0) is 14.3 Å². The molecule has 5 aliphatic rings. The zero-order chi connectivity index (χ0) is 20.4. The Balaban J connectivity index is 1.55. The largest absolute Gasteiger partial charge is 0.454 e. The average Bonchev–Trinajstić information content (AvgIpc) is 2.97. The number of hydrogen-bond donors (Lipinski definition) is 0. The number of allylic oxidation sites excluding steroid dienone is 2. The van der Waals surface area contributed by atoms with Crippen molar-refractivity contribution in [3.63, 3.8) is 0 Å². The number of esters is 1. The maximum Gasteiger partial charge on any atom is 0.307 e. The predicted molar refractivity (Wildman–Crippen MR) is 113 cm³/mol. The summed E-state index contributed by atoms with van der Waals surface area (Å²) in [7, 11) is 0. The van der Waals surface area contributed by atoms with Gasteiger partial charge in [0.05, 0.1) is 0 Å². The normalized spacial score (nSPS) is 46.4. The lowest BCUT2D eigenvalue weighted by Crippen LogP contribution is -2.58. The van der Waals surface area contributed by atoms with E-state index in [1.807, 2.05) is 6.08 Å². The number of fused-ring (bicyclic) bond motifs is 6. The van der Waals surface area contributed by atoms with E-state index in [1.165, 1.54) is 12.0 Å². The Morgan fingerprint density at radius 1 is 1.17 bits per heavy atom. The van der Waals surface area contributed by atoms with Gasteiger partial charge in [-0.05, 0) is 92.6 Å². The summed E-state index contributed by atoms with van der Waals surface area (Å²) >= 11 is 0. The molecule has 0 radical (unpaired) electrons. The van der Waals surface area contributed by atoms with Crippen LogP contribution >= 0.6 is 0 Å². The minimum Gasteiger partial charge on any atom is -0.454 e. The summed E-state index contributed by atoms with van der Waals surface area (Å²) in [6.07, 6.45) is 13.5. The molecule has 0 aromatic rings. The molecule has 1 spiro atoms. The summed E-state index contributed by atoms with van der Waals surface area (Å²) in [5.41, 5.74) is 2.08. The maximum atomic E-state index is 12.4. The van der Waals surface area contributed by atoms with Crippen molar-refractivity contribution in [2.75, 3.05) is 0 Å². The Bertz CT molecular complexity index is 807. The van der Waals surface area contributed by atoms with Gasteiger partial charge in [0.1, 0.15) is 5.60 Å². The highest BCUT2D eigenvalue weighted by atomic mass is 16.6. The first-order valence-electron chi connectivity index (χ1n) is 11.6. The van der Waals surface area contributed by atoms with Crippen molar-refractivity contribution < 1.29 is 14.3 Å². The van der Waals surface area contributed by atoms with Gasteiger partial charge in [0, 0.05) is 18.3 Å². The summed E-state index contributed by atoms with van der Waals surface area (Å²) in [6, 6.07) is 0. The molecule has 0 aromatic heterocycles. The molecular formula is C26H34O3. The maximum absolute atomic E-state index is 12.4. The molecule has 0 aromatic carbocycles. The second-order valence-electron chi connectivity index (χ2n) is 10.6. The minimum absolute atomic E-state index is 0.0271. The number of carbonyl (C=O) groups is 2. The van der Waals surface area contributed by atoms with E-state index in [2.05, 4.69) is 26.2 Å². The van der Waals surface area contributed by atoms with Gasteiger partial charge in [-0.2, -0.15) is 0 Å². The molecule has 1 heterocycles. The van der Waals surface area contributed by atoms with Gasteiger partial charge < -0.3 is 4.74 Å². The van der Waals surface area contributed by atoms with Crippen LogP contribution in [0.2, 0.25) is 0 Å². The van der Waals surface area contributed by atoms with Crippen LogP contribution in [0.3, 0.4) is 0 Å². The van der Waals surface area contributed by atoms with Gasteiger partial charge in [-0.25, -0.2) is 0 Å². The second kappa shape index (κ2) is 6.68. The van der Waals surface area contributed by atoms with E-state index in [1.54, 1.807) is 0 Å². The molecule has 1 saturated heterocycles. The molecule has 29 heavy (non-hydrogen) atoms. The fourth-order valence-corrected chi connectivity index (χ4v) is 8.46. The third kappa shape index (κ3) is 2.61. The van der Waals surface area contributed by atoms with Crippen LogP contribution < -0.4 is 0 Å². The van der Waals surface area contributed by atoms with Crippen molar-refractivity contribution in [2.24, 2.45) is 35.0 Å². The molecule has 0 bridgehead atoms. The monoisotopic (exact) mass is 394 g/mol. The summed E-state index contributed by atoms with van der Waals surface area (Å²) in [4.78, 5) is 24.4. The van der Waals surface area contributed by atoms with Crippen LogP contribution in [0.5, 0.6) is 0 Å². The van der Waals surface area contributed by atoms with Gasteiger partial charge in [0.2, 0.25) is 0 Å². The van der Waals surface area contributed by atoms with Crippen molar-refractivity contribution in [1.82, 2.24) is 0 Å². The Morgan fingerprint density at radius 3 is 2.79 bits per heavy atom. The first-order valence-corrected chi connectivity index (χ1v) is 11.6. The number of ketones is 1. The zero-order valence-corrected chi connectivity index (χ0v) is 17.8. The fraction of sp³-hybridized carbons (Fsp3) is 0.692. The lowest BCUT2D eigenvalue weighted by atomic mass is 9.46. The Morgan fingerprint density at radius 2 is 2.00 bits per heavy atom. The van der Waals surface area contributed by atoms with E-state index in [9.17, 15) is 9.59 Å². The third-order valence-corrected chi connectivity index (χ3v) is 9.50. The number of ether oxygens (including phenoxy) is 1. The van der Waals surface area contributed by atoms with Gasteiger partial charge in [-0.15, -0.1) is 6.58 Å². The van der Waals surface area contributed by atoms with Crippen LogP contribution in [0.15, 0.2) is 36.5 Å². The van der Waals surface area contributed by atoms with Crippen molar-refractivity contribution in [3.05, 3.63) is 36.5 Å². The highest BCUT2D eigenvalue weighted by Crippen LogP contribution is 2.69. The first kappa shape index (κ1) is 19.3. The number of carbonyl (C=O) groups excluding carboxylic acids is 2. The lowest BCUT2D eigenvalue weighted by Gasteiger charge is -2.60. The molecule has 3 saturated carbocycles. The van der Waals surface area contributed by atoms with Gasteiger partial charge in [0.15, 0.2) is 5.78 Å².